The normalized spacial score (nSPS) is 11.0. The first-order chi connectivity index (χ1) is 12.2. The number of nitrogens with zero attached hydrogens (tertiary/aromatic N) is 5. The number of para-hydroxylation sites is 1. The van der Waals surface area contributed by atoms with Gasteiger partial charge in [0.1, 0.15) is 5.82 Å². The molecule has 1 aromatic heterocycles. The van der Waals surface area contributed by atoms with E-state index in [2.05, 4.69) is 61.9 Å². The van der Waals surface area contributed by atoms with Crippen molar-refractivity contribution < 1.29 is 0 Å². The zero-order valence-electron chi connectivity index (χ0n) is 16.1. The van der Waals surface area contributed by atoms with E-state index in [1.54, 1.807) is 7.05 Å². The van der Waals surface area contributed by atoms with Gasteiger partial charge in [-0.25, -0.2) is 0 Å². The lowest BCUT2D eigenvalue weighted by Crippen LogP contribution is -2.38. The smallest absolute Gasteiger partial charge is 0.191 e. The number of nitrogens with one attached hydrogen (secondary N) is 2. The average Bonchev–Trinajstić information content (AvgIpc) is 2.97. The van der Waals surface area contributed by atoms with Crippen LogP contribution in [0.2, 0.25) is 0 Å². The molecule has 0 radical (unpaired) electrons. The monoisotopic (exact) mass is 471 g/mol. The Morgan fingerprint density at radius 2 is 1.92 bits per heavy atom. The van der Waals surface area contributed by atoms with Crippen LogP contribution in [0, 0.1) is 6.92 Å². The van der Waals surface area contributed by atoms with E-state index in [0.717, 1.165) is 43.7 Å². The number of aromatic nitrogens is 3. The number of benzene rings is 1. The lowest BCUT2D eigenvalue weighted by Gasteiger charge is -2.23. The average molecular weight is 471 g/mol. The number of halogens is 1. The number of anilines is 1. The number of hydrogen-bond donors (Lipinski definition) is 2. The molecule has 0 unspecified atom stereocenters. The molecule has 7 nitrogen and oxygen atoms in total. The van der Waals surface area contributed by atoms with Gasteiger partial charge in [-0.15, -0.1) is 34.2 Å². The van der Waals surface area contributed by atoms with Crippen LogP contribution in [0.15, 0.2) is 35.3 Å². The summed E-state index contributed by atoms with van der Waals surface area (Å²) >= 11 is 0. The lowest BCUT2D eigenvalue weighted by atomic mass is 10.2. The molecule has 0 aliphatic carbocycles. The van der Waals surface area contributed by atoms with Gasteiger partial charge < -0.3 is 20.1 Å². The van der Waals surface area contributed by atoms with Gasteiger partial charge in [0.25, 0.3) is 0 Å². The van der Waals surface area contributed by atoms with Gasteiger partial charge in [-0.1, -0.05) is 18.2 Å². The number of aryl methyl sites for hydroxylation is 1. The Kier molecular flexibility index (Phi) is 10.0. The van der Waals surface area contributed by atoms with E-state index in [4.69, 9.17) is 0 Å². The minimum Gasteiger partial charge on any atom is -0.372 e. The Hall–Kier alpha value is -1.84. The fourth-order valence-corrected chi connectivity index (χ4v) is 2.57. The van der Waals surface area contributed by atoms with Crippen LogP contribution in [0.1, 0.15) is 25.0 Å². The van der Waals surface area contributed by atoms with Crippen LogP contribution < -0.4 is 15.5 Å². The second kappa shape index (κ2) is 11.7. The fourth-order valence-electron chi connectivity index (χ4n) is 2.57. The van der Waals surface area contributed by atoms with E-state index in [0.29, 0.717) is 6.54 Å². The number of rotatable bonds is 8. The summed E-state index contributed by atoms with van der Waals surface area (Å²) < 4.78 is 1.97. The van der Waals surface area contributed by atoms with Crippen molar-refractivity contribution in [3.63, 3.8) is 0 Å². The van der Waals surface area contributed by atoms with Crippen molar-refractivity contribution in [3.8, 4) is 0 Å². The highest BCUT2D eigenvalue weighted by Crippen LogP contribution is 2.12. The SMILES string of the molecule is CCN(CCCNC(=NC)NCc1nnc(C)n1C)c1ccccc1.I. The predicted octanol–water partition coefficient (Wildman–Crippen LogP) is 2.32. The van der Waals surface area contributed by atoms with E-state index in [-0.39, 0.29) is 24.0 Å². The fraction of sp³-hybridized carbons (Fsp3) is 0.500. The summed E-state index contributed by atoms with van der Waals surface area (Å²) in [5, 5.41) is 14.8. The molecule has 2 aromatic rings. The number of aliphatic imine (C=N–C) groups is 1. The summed E-state index contributed by atoms with van der Waals surface area (Å²) in [4.78, 5) is 6.63. The van der Waals surface area contributed by atoms with Crippen LogP contribution in [-0.2, 0) is 13.6 Å². The maximum absolute atomic E-state index is 4.26. The third kappa shape index (κ3) is 6.47. The Labute approximate surface area is 173 Å². The van der Waals surface area contributed by atoms with Crippen molar-refractivity contribution in [3.05, 3.63) is 42.0 Å². The first kappa shape index (κ1) is 22.2. The molecule has 0 amide bonds. The van der Waals surface area contributed by atoms with Crippen LogP contribution in [-0.4, -0.2) is 47.4 Å². The molecule has 0 aliphatic rings. The summed E-state index contributed by atoms with van der Waals surface area (Å²) in [7, 11) is 3.74. The van der Waals surface area contributed by atoms with Crippen LogP contribution >= 0.6 is 24.0 Å². The first-order valence-corrected chi connectivity index (χ1v) is 8.75. The van der Waals surface area contributed by atoms with E-state index in [1.807, 2.05) is 24.6 Å². The molecule has 2 rings (SSSR count). The Bertz CT molecular complexity index is 669. The molecule has 0 bridgehead atoms. The maximum Gasteiger partial charge on any atom is 0.191 e. The predicted molar refractivity (Wildman–Crippen MR) is 118 cm³/mol. The van der Waals surface area contributed by atoms with Gasteiger partial charge in [-0.2, -0.15) is 0 Å². The minimum atomic E-state index is 0. The zero-order valence-corrected chi connectivity index (χ0v) is 18.4. The molecule has 1 heterocycles. The van der Waals surface area contributed by atoms with Crippen molar-refractivity contribution in [2.45, 2.75) is 26.8 Å². The second-order valence-corrected chi connectivity index (χ2v) is 5.84. The molecule has 0 fully saturated rings. The largest absolute Gasteiger partial charge is 0.372 e. The van der Waals surface area contributed by atoms with Gasteiger partial charge in [0, 0.05) is 39.4 Å². The highest BCUT2D eigenvalue weighted by molar-refractivity contribution is 14.0. The van der Waals surface area contributed by atoms with Crippen molar-refractivity contribution in [1.29, 1.82) is 0 Å². The molecule has 0 spiro atoms. The molecule has 0 aliphatic heterocycles. The van der Waals surface area contributed by atoms with Crippen molar-refractivity contribution in [2.24, 2.45) is 12.0 Å². The lowest BCUT2D eigenvalue weighted by molar-refractivity contribution is 0.691. The molecule has 26 heavy (non-hydrogen) atoms. The summed E-state index contributed by atoms with van der Waals surface area (Å²) in [5.41, 5.74) is 1.27. The first-order valence-electron chi connectivity index (χ1n) is 8.75. The van der Waals surface area contributed by atoms with Crippen molar-refractivity contribution in [2.75, 3.05) is 31.6 Å². The van der Waals surface area contributed by atoms with Crippen molar-refractivity contribution >= 4 is 35.6 Å². The molecule has 144 valence electrons. The minimum absolute atomic E-state index is 0. The van der Waals surface area contributed by atoms with E-state index in [1.165, 1.54) is 5.69 Å². The van der Waals surface area contributed by atoms with E-state index < -0.39 is 0 Å². The molecule has 0 saturated heterocycles. The highest BCUT2D eigenvalue weighted by Gasteiger charge is 2.06. The third-order valence-corrected chi connectivity index (χ3v) is 4.22. The molecule has 8 heteroatoms. The van der Waals surface area contributed by atoms with Crippen LogP contribution in [0.3, 0.4) is 0 Å². The van der Waals surface area contributed by atoms with Gasteiger partial charge in [0.05, 0.1) is 6.54 Å². The van der Waals surface area contributed by atoms with Gasteiger partial charge in [0.15, 0.2) is 11.8 Å². The molecular weight excluding hydrogens is 441 g/mol. The standard InChI is InChI=1S/C18H29N7.HI/c1-5-25(16-10-7-6-8-11-16)13-9-12-20-18(19-3)21-14-17-23-22-15(2)24(17)4;/h6-8,10-11H,5,9,12-14H2,1-4H3,(H2,19,20,21);1H. The molecule has 1 aromatic carbocycles. The van der Waals surface area contributed by atoms with E-state index >= 15 is 0 Å². The Morgan fingerprint density at radius 3 is 2.50 bits per heavy atom. The highest BCUT2D eigenvalue weighted by atomic mass is 127. The molecule has 0 saturated carbocycles. The van der Waals surface area contributed by atoms with Crippen molar-refractivity contribution in [1.82, 2.24) is 25.4 Å². The number of hydrogen-bond acceptors (Lipinski definition) is 4. The third-order valence-electron chi connectivity index (χ3n) is 4.22. The van der Waals surface area contributed by atoms with E-state index in [9.17, 15) is 0 Å². The van der Waals surface area contributed by atoms with Gasteiger partial charge in [-0.3, -0.25) is 4.99 Å². The topological polar surface area (TPSA) is 70.4 Å². The molecular formula is C18H30IN7. The Morgan fingerprint density at radius 1 is 1.19 bits per heavy atom. The molecule has 2 N–H and O–H groups in total. The summed E-state index contributed by atoms with van der Waals surface area (Å²) in [6.45, 7) is 7.60. The van der Waals surface area contributed by atoms with Crippen LogP contribution in [0.5, 0.6) is 0 Å². The second-order valence-electron chi connectivity index (χ2n) is 5.84. The van der Waals surface area contributed by atoms with Crippen LogP contribution in [0.4, 0.5) is 5.69 Å². The van der Waals surface area contributed by atoms with Crippen LogP contribution in [0.25, 0.3) is 0 Å². The number of guanidine groups is 1. The Balaban J connectivity index is 0.00000338. The summed E-state index contributed by atoms with van der Waals surface area (Å²) in [5.74, 6) is 2.57. The van der Waals surface area contributed by atoms with Gasteiger partial charge in [-0.05, 0) is 32.4 Å². The van der Waals surface area contributed by atoms with Gasteiger partial charge in [0.2, 0.25) is 0 Å². The molecule has 0 atom stereocenters. The maximum atomic E-state index is 4.26. The quantitative estimate of drug-likeness (QED) is 0.268. The summed E-state index contributed by atoms with van der Waals surface area (Å²) in [6, 6.07) is 10.5. The zero-order chi connectivity index (χ0) is 18.1. The summed E-state index contributed by atoms with van der Waals surface area (Å²) in [6.07, 6.45) is 1.03. The van der Waals surface area contributed by atoms with Gasteiger partial charge >= 0.3 is 0 Å².